The molecule has 0 unspecified atom stereocenters. The number of hydrogen-bond acceptors (Lipinski definition) is 0. The van der Waals surface area contributed by atoms with E-state index in [9.17, 15) is 0 Å². The summed E-state index contributed by atoms with van der Waals surface area (Å²) in [4.78, 5) is 0. The standard InChI is InChI=1S/C51H34/c1-6-16-35(17-7-1)38-26-28-42-43-29-30-44-47-33-39(36-18-8-2-9-19-36)27-31-49(47)51(40-22-12-4-13-23-40,41-24-14-5-15-25-41)50(44)48(43)34-45(46(42)32-38)37-20-10-3-11-21-37/h1-34H. The molecule has 238 valence electrons. The lowest BCUT2D eigenvalue weighted by molar-refractivity contribution is 0.775. The van der Waals surface area contributed by atoms with Crippen molar-refractivity contribution < 1.29 is 0 Å². The Kier molecular flexibility index (Phi) is 6.82. The van der Waals surface area contributed by atoms with Crippen molar-refractivity contribution in [3.63, 3.8) is 0 Å². The summed E-state index contributed by atoms with van der Waals surface area (Å²) < 4.78 is 0. The molecular formula is C51H34. The number of rotatable bonds is 5. The van der Waals surface area contributed by atoms with Crippen LogP contribution >= 0.6 is 0 Å². The highest BCUT2D eigenvalue weighted by Gasteiger charge is 2.47. The van der Waals surface area contributed by atoms with E-state index >= 15 is 0 Å². The molecule has 0 saturated heterocycles. The van der Waals surface area contributed by atoms with Gasteiger partial charge in [0.15, 0.2) is 0 Å². The zero-order valence-corrected chi connectivity index (χ0v) is 28.1. The van der Waals surface area contributed by atoms with Gasteiger partial charge >= 0.3 is 0 Å². The smallest absolute Gasteiger partial charge is 0.0622 e. The van der Waals surface area contributed by atoms with Crippen LogP contribution < -0.4 is 0 Å². The summed E-state index contributed by atoms with van der Waals surface area (Å²) in [5.41, 5.74) is 14.7. The van der Waals surface area contributed by atoms with Crippen LogP contribution in [0, 0.1) is 0 Å². The summed E-state index contributed by atoms with van der Waals surface area (Å²) >= 11 is 0. The van der Waals surface area contributed by atoms with Crippen LogP contribution in [0.1, 0.15) is 22.3 Å². The lowest BCUT2D eigenvalue weighted by atomic mass is 9.66. The van der Waals surface area contributed by atoms with E-state index in [0.29, 0.717) is 0 Å². The Morgan fingerprint density at radius 2 is 0.725 bits per heavy atom. The van der Waals surface area contributed by atoms with Gasteiger partial charge in [-0.2, -0.15) is 0 Å². The first-order valence-electron chi connectivity index (χ1n) is 17.8. The van der Waals surface area contributed by atoms with E-state index in [-0.39, 0.29) is 0 Å². The molecule has 0 saturated carbocycles. The fraction of sp³-hybridized carbons (Fsp3) is 0.0196. The van der Waals surface area contributed by atoms with Crippen molar-refractivity contribution in [3.8, 4) is 44.5 Å². The monoisotopic (exact) mass is 646 g/mol. The van der Waals surface area contributed by atoms with Crippen LogP contribution in [-0.2, 0) is 5.41 Å². The third-order valence-corrected chi connectivity index (χ3v) is 10.9. The van der Waals surface area contributed by atoms with Gasteiger partial charge in [-0.3, -0.25) is 0 Å². The number of benzene rings is 9. The second-order valence-corrected chi connectivity index (χ2v) is 13.6. The van der Waals surface area contributed by atoms with E-state index in [2.05, 4.69) is 206 Å². The SMILES string of the molecule is c1ccc(-c2ccc3c(c2)-c2ccc4c(cc(-c5ccccc5)c5cc(-c6ccccc6)ccc54)c2C3(c2ccccc2)c2ccccc2)cc1. The van der Waals surface area contributed by atoms with Crippen LogP contribution in [0.4, 0.5) is 0 Å². The fourth-order valence-electron chi connectivity index (χ4n) is 8.71. The summed E-state index contributed by atoms with van der Waals surface area (Å²) in [6.07, 6.45) is 0. The predicted molar refractivity (Wildman–Crippen MR) is 215 cm³/mol. The van der Waals surface area contributed by atoms with Crippen LogP contribution in [0.2, 0.25) is 0 Å². The van der Waals surface area contributed by atoms with Gasteiger partial charge in [-0.15, -0.1) is 0 Å². The first-order chi connectivity index (χ1) is 25.3. The van der Waals surface area contributed by atoms with Gasteiger partial charge in [-0.25, -0.2) is 0 Å². The molecule has 10 rings (SSSR count). The van der Waals surface area contributed by atoms with Gasteiger partial charge in [0.25, 0.3) is 0 Å². The zero-order chi connectivity index (χ0) is 33.8. The maximum absolute atomic E-state index is 2.49. The molecule has 0 heteroatoms. The minimum absolute atomic E-state index is 0.520. The van der Waals surface area contributed by atoms with Gasteiger partial charge in [-0.1, -0.05) is 188 Å². The van der Waals surface area contributed by atoms with Crippen LogP contribution in [0.5, 0.6) is 0 Å². The van der Waals surface area contributed by atoms with Crippen molar-refractivity contribution in [1.82, 2.24) is 0 Å². The van der Waals surface area contributed by atoms with Gasteiger partial charge in [0, 0.05) is 0 Å². The Balaban J connectivity index is 1.37. The van der Waals surface area contributed by atoms with Crippen LogP contribution in [0.3, 0.4) is 0 Å². The molecule has 1 aliphatic rings. The predicted octanol–water partition coefficient (Wildman–Crippen LogP) is 13.4. The van der Waals surface area contributed by atoms with Gasteiger partial charge in [0.05, 0.1) is 5.41 Å². The van der Waals surface area contributed by atoms with Gasteiger partial charge in [0.2, 0.25) is 0 Å². The lowest BCUT2D eigenvalue weighted by Gasteiger charge is -2.35. The van der Waals surface area contributed by atoms with Crippen molar-refractivity contribution in [1.29, 1.82) is 0 Å². The van der Waals surface area contributed by atoms with Crippen molar-refractivity contribution in [3.05, 3.63) is 229 Å². The van der Waals surface area contributed by atoms with Crippen molar-refractivity contribution in [2.75, 3.05) is 0 Å². The average molecular weight is 647 g/mol. The summed E-state index contributed by atoms with van der Waals surface area (Å²) in [7, 11) is 0. The quantitative estimate of drug-likeness (QED) is 0.163. The third kappa shape index (κ3) is 4.54. The van der Waals surface area contributed by atoms with E-state index in [0.717, 1.165) is 0 Å². The molecule has 0 aliphatic heterocycles. The maximum Gasteiger partial charge on any atom is 0.0719 e. The van der Waals surface area contributed by atoms with Gasteiger partial charge in [-0.05, 0) is 107 Å². The summed E-state index contributed by atoms with van der Waals surface area (Å²) in [6.45, 7) is 0. The Labute approximate surface area is 298 Å². The Morgan fingerprint density at radius 1 is 0.255 bits per heavy atom. The molecular weight excluding hydrogens is 613 g/mol. The highest BCUT2D eigenvalue weighted by atomic mass is 14.5. The molecule has 0 bridgehead atoms. The Bertz CT molecular complexity index is 2650. The second-order valence-electron chi connectivity index (χ2n) is 13.6. The van der Waals surface area contributed by atoms with Crippen LogP contribution in [0.15, 0.2) is 206 Å². The molecule has 0 heterocycles. The minimum atomic E-state index is -0.520. The molecule has 9 aromatic rings. The summed E-state index contributed by atoms with van der Waals surface area (Å²) in [5.74, 6) is 0. The fourth-order valence-corrected chi connectivity index (χ4v) is 8.71. The number of hydrogen-bond donors (Lipinski definition) is 0. The summed E-state index contributed by atoms with van der Waals surface area (Å²) in [6, 6.07) is 76.1. The normalized spacial score (nSPS) is 12.9. The molecule has 0 amide bonds. The Morgan fingerprint density at radius 3 is 1.31 bits per heavy atom. The molecule has 51 heavy (non-hydrogen) atoms. The Hall–Kier alpha value is -6.50. The largest absolute Gasteiger partial charge is 0.0719 e. The van der Waals surface area contributed by atoms with Crippen molar-refractivity contribution in [2.45, 2.75) is 5.41 Å². The minimum Gasteiger partial charge on any atom is -0.0622 e. The van der Waals surface area contributed by atoms with Crippen molar-refractivity contribution in [2.24, 2.45) is 0 Å². The first kappa shape index (κ1) is 29.4. The highest BCUT2D eigenvalue weighted by Crippen LogP contribution is 2.59. The summed E-state index contributed by atoms with van der Waals surface area (Å²) in [5, 5.41) is 5.10. The highest BCUT2D eigenvalue weighted by molar-refractivity contribution is 6.17. The van der Waals surface area contributed by atoms with Gasteiger partial charge < -0.3 is 0 Å². The first-order valence-corrected chi connectivity index (χ1v) is 17.8. The van der Waals surface area contributed by atoms with Crippen LogP contribution in [-0.4, -0.2) is 0 Å². The molecule has 0 fully saturated rings. The van der Waals surface area contributed by atoms with Crippen LogP contribution in [0.25, 0.3) is 66.1 Å². The average Bonchev–Trinajstić information content (AvgIpc) is 3.53. The van der Waals surface area contributed by atoms with E-state index in [1.165, 1.54) is 88.3 Å². The topological polar surface area (TPSA) is 0 Å². The molecule has 0 N–H and O–H groups in total. The molecule has 0 aromatic heterocycles. The van der Waals surface area contributed by atoms with E-state index < -0.39 is 5.41 Å². The maximum atomic E-state index is 2.49. The van der Waals surface area contributed by atoms with Crippen molar-refractivity contribution >= 4 is 21.5 Å². The molecule has 1 aliphatic carbocycles. The second kappa shape index (κ2) is 11.8. The zero-order valence-electron chi connectivity index (χ0n) is 28.1. The molecule has 9 aromatic carbocycles. The number of fused-ring (bicyclic) bond motifs is 7. The molecule has 0 radical (unpaired) electrons. The third-order valence-electron chi connectivity index (χ3n) is 10.9. The molecule has 0 nitrogen and oxygen atoms in total. The van der Waals surface area contributed by atoms with E-state index in [4.69, 9.17) is 0 Å². The molecule has 0 atom stereocenters. The van der Waals surface area contributed by atoms with E-state index in [1.807, 2.05) is 0 Å². The lowest BCUT2D eigenvalue weighted by Crippen LogP contribution is -2.28. The molecule has 0 spiro atoms. The van der Waals surface area contributed by atoms with Gasteiger partial charge in [0.1, 0.15) is 0 Å². The van der Waals surface area contributed by atoms with E-state index in [1.54, 1.807) is 0 Å².